The summed E-state index contributed by atoms with van der Waals surface area (Å²) in [6.07, 6.45) is -7.65. The van der Waals surface area contributed by atoms with Crippen molar-refractivity contribution < 1.29 is 166 Å². The highest BCUT2D eigenvalue weighted by molar-refractivity contribution is 8.76. The monoisotopic (exact) mass is 1720 g/mol. The van der Waals surface area contributed by atoms with Gasteiger partial charge >= 0.3 is 0 Å². The maximum Gasteiger partial charge on any atom is 0.246 e. The molecule has 4 fully saturated rings. The molecule has 40 heteroatoms. The third kappa shape index (κ3) is 46.7. The maximum atomic E-state index is 12.2. The summed E-state index contributed by atoms with van der Waals surface area (Å²) in [5.41, 5.74) is 0. The number of nitrogens with one attached hydrogen (secondary N) is 4. The zero-order valence-electron chi connectivity index (χ0n) is 68.1. The molecule has 38 nitrogen and oxygen atoms in total. The third-order valence-corrected chi connectivity index (χ3v) is 21.7. The van der Waals surface area contributed by atoms with Gasteiger partial charge in [0.2, 0.25) is 23.6 Å². The van der Waals surface area contributed by atoms with Gasteiger partial charge in [0.1, 0.15) is 98.7 Å². The Labute approximate surface area is 690 Å². The standard InChI is InChI=1S/C76H142N4O34S2/c1-53-71(113-75-67(93)63(89)61(87)55(49-81)111-75)65(91)69(95)73(109-53)107-27-19-23-77-59(85)51-105-45-43-103-41-39-101-37-35-99-33-31-97-29-25-79-57(83)21-15-11-7-3-5-9-13-17-47-115-116-48-18-14-10-6-4-8-12-16-22-58(84)80-26-30-98-32-34-100-36-38-102-40-42-104-44-46-106-52-60(86)78-24-20-28-108-74-70(96)66(92)72(54(2)110-74)114-76-68(94)64(90)62(88)56(50-82)112-76/h53-56,61-76,81-82,87-96H,3-52H2,1-2H3,(H,77,85)(H,78,86)(H,79,83)(H,80,84)/t53-,54-,55+,56+,61-,62-,63-,64-,65-,66-,67+,68+,69-,70-,71+,72+,73-,74-,75-,76-/m0/s1. The lowest BCUT2D eigenvalue weighted by Gasteiger charge is -2.45. The van der Waals surface area contributed by atoms with Crippen LogP contribution in [0.15, 0.2) is 0 Å². The van der Waals surface area contributed by atoms with Crippen LogP contribution in [0.3, 0.4) is 0 Å². The summed E-state index contributed by atoms with van der Waals surface area (Å²) in [6, 6.07) is 0. The van der Waals surface area contributed by atoms with E-state index in [1.807, 2.05) is 21.6 Å². The molecule has 4 heterocycles. The van der Waals surface area contributed by atoms with Crippen molar-refractivity contribution in [2.24, 2.45) is 0 Å². The molecule has 16 N–H and O–H groups in total. The molecular weight excluding hydrogens is 1580 g/mol. The van der Waals surface area contributed by atoms with Crippen LogP contribution in [0, 0.1) is 0 Å². The lowest BCUT2D eigenvalue weighted by atomic mass is 9.97. The van der Waals surface area contributed by atoms with Gasteiger partial charge in [-0.15, -0.1) is 0 Å². The SMILES string of the molecule is C[C@@H]1O[C@H](OCCCNC(=O)COCCOCCOCCOCCOCCNC(=O)CCCCCCCCCCSSCCCCCCCCCCC(=O)NCCOCCOCCOCCOCCOCC(=O)NCCCO[C@H]2O[C@@H](C)[C@@H](O[C@@H]3O[C@H](CO)[C@H](O)[C@H](O)[C@H]3O)[C@@H](O)[C@@H]2O)[C@@H](O)[C@H](O)[C@@H]1O[C@@H]1O[C@H](CO)[C@H](O)[C@H](O)[C@H]1O. The predicted octanol–water partition coefficient (Wildman–Crippen LogP) is -1.86. The van der Waals surface area contributed by atoms with Gasteiger partial charge in [-0.2, -0.15) is 0 Å². The minimum atomic E-state index is -1.70. The molecule has 0 aromatic rings. The normalized spacial score (nSPS) is 27.6. The van der Waals surface area contributed by atoms with Gasteiger partial charge in [0, 0.05) is 50.5 Å². The first kappa shape index (κ1) is 106. The van der Waals surface area contributed by atoms with Gasteiger partial charge in [-0.1, -0.05) is 98.6 Å². The molecule has 4 aliphatic heterocycles. The van der Waals surface area contributed by atoms with Crippen LogP contribution in [-0.2, 0) is 104 Å². The minimum Gasteiger partial charge on any atom is -0.394 e. The average molecular weight is 1720 g/mol. The fourth-order valence-electron chi connectivity index (χ4n) is 12.4. The number of hydrogen-bond donors (Lipinski definition) is 16. The molecule has 4 aliphatic rings. The Kier molecular flexibility index (Phi) is 61.8. The van der Waals surface area contributed by atoms with E-state index in [-0.39, 0.29) is 89.6 Å². The number of amides is 4. The van der Waals surface area contributed by atoms with E-state index >= 15 is 0 Å². The molecule has 0 aliphatic carbocycles. The Hall–Kier alpha value is -2.62. The van der Waals surface area contributed by atoms with E-state index < -0.39 is 136 Å². The second-order valence-electron chi connectivity index (χ2n) is 28.6. The van der Waals surface area contributed by atoms with Gasteiger partial charge in [-0.3, -0.25) is 19.2 Å². The van der Waals surface area contributed by atoms with Crippen molar-refractivity contribution in [2.45, 2.75) is 265 Å². The molecule has 0 bridgehead atoms. The molecule has 0 spiro atoms. The molecule has 4 saturated heterocycles. The van der Waals surface area contributed by atoms with Crippen molar-refractivity contribution in [3.8, 4) is 0 Å². The summed E-state index contributed by atoms with van der Waals surface area (Å²) in [5, 5.41) is 133. The number of hydrogen-bond acceptors (Lipinski definition) is 36. The summed E-state index contributed by atoms with van der Waals surface area (Å²) >= 11 is 0. The van der Waals surface area contributed by atoms with Gasteiger partial charge < -0.3 is 168 Å². The second-order valence-corrected chi connectivity index (χ2v) is 31.3. The molecule has 116 heavy (non-hydrogen) atoms. The molecule has 0 aromatic carbocycles. The van der Waals surface area contributed by atoms with E-state index in [1.54, 1.807) is 0 Å². The summed E-state index contributed by atoms with van der Waals surface area (Å²) < 4.78 is 99.3. The van der Waals surface area contributed by atoms with Crippen molar-refractivity contribution in [3.63, 3.8) is 0 Å². The van der Waals surface area contributed by atoms with Crippen molar-refractivity contribution >= 4 is 45.2 Å². The van der Waals surface area contributed by atoms with Gasteiger partial charge in [-0.05, 0) is 52.4 Å². The number of ether oxygens (including phenoxy) is 18. The molecular formula is C76H142N4O34S2. The van der Waals surface area contributed by atoms with E-state index in [0.29, 0.717) is 131 Å². The summed E-state index contributed by atoms with van der Waals surface area (Å²) in [5.74, 6) is 1.84. The van der Waals surface area contributed by atoms with Crippen LogP contribution >= 0.6 is 21.6 Å². The highest BCUT2D eigenvalue weighted by Crippen LogP contribution is 2.32. The van der Waals surface area contributed by atoms with Crippen LogP contribution in [0.1, 0.15) is 142 Å². The van der Waals surface area contributed by atoms with Crippen LogP contribution in [0.25, 0.3) is 0 Å². The first-order valence-electron chi connectivity index (χ1n) is 41.6. The zero-order valence-corrected chi connectivity index (χ0v) is 69.7. The fraction of sp³-hybridized carbons (Fsp3) is 0.947. The maximum absolute atomic E-state index is 12.2. The van der Waals surface area contributed by atoms with Crippen LogP contribution in [0.5, 0.6) is 0 Å². The predicted molar refractivity (Wildman–Crippen MR) is 419 cm³/mol. The van der Waals surface area contributed by atoms with Gasteiger partial charge in [0.05, 0.1) is 158 Å². The zero-order chi connectivity index (χ0) is 84.2. The Balaban J connectivity index is 0.746. The van der Waals surface area contributed by atoms with Gasteiger partial charge in [0.15, 0.2) is 25.2 Å². The molecule has 0 aromatic heterocycles. The molecule has 0 saturated carbocycles. The average Bonchev–Trinajstić information content (AvgIpc) is 0.800. The largest absolute Gasteiger partial charge is 0.394 e. The first-order chi connectivity index (χ1) is 56.3. The molecule has 20 atom stereocenters. The quantitative estimate of drug-likeness (QED) is 0.0234. The van der Waals surface area contributed by atoms with Gasteiger partial charge in [-0.25, -0.2) is 0 Å². The number of carbonyl (C=O) groups is 4. The Bertz CT molecular complexity index is 2270. The summed E-state index contributed by atoms with van der Waals surface area (Å²) in [7, 11) is 4.01. The minimum absolute atomic E-state index is 0.0551. The van der Waals surface area contributed by atoms with Crippen LogP contribution in [0.4, 0.5) is 0 Å². The molecule has 682 valence electrons. The third-order valence-electron chi connectivity index (χ3n) is 19.1. The lowest BCUT2D eigenvalue weighted by Crippen LogP contribution is -2.63. The van der Waals surface area contributed by atoms with Crippen molar-refractivity contribution in [1.29, 1.82) is 0 Å². The van der Waals surface area contributed by atoms with Crippen LogP contribution in [0.2, 0.25) is 0 Å². The highest BCUT2D eigenvalue weighted by atomic mass is 33.1. The summed E-state index contributed by atoms with van der Waals surface area (Å²) in [6.45, 7) is 9.43. The Morgan fingerprint density at radius 1 is 0.284 bits per heavy atom. The number of aliphatic hydroxyl groups excluding tert-OH is 12. The van der Waals surface area contributed by atoms with E-state index in [9.17, 15) is 80.5 Å². The van der Waals surface area contributed by atoms with Crippen molar-refractivity contribution in [3.05, 3.63) is 0 Å². The van der Waals surface area contributed by atoms with Crippen LogP contribution in [-0.4, -0.2) is 404 Å². The van der Waals surface area contributed by atoms with Crippen LogP contribution < -0.4 is 21.3 Å². The van der Waals surface area contributed by atoms with E-state index in [1.165, 1.54) is 89.6 Å². The fourth-order valence-corrected chi connectivity index (χ4v) is 14.7. The Morgan fingerprint density at radius 2 is 0.560 bits per heavy atom. The van der Waals surface area contributed by atoms with Crippen molar-refractivity contribution in [1.82, 2.24) is 21.3 Å². The number of aliphatic hydroxyl groups is 12. The highest BCUT2D eigenvalue weighted by Gasteiger charge is 2.52. The number of carbonyl (C=O) groups excluding carboxylic acids is 4. The van der Waals surface area contributed by atoms with Gasteiger partial charge in [0.25, 0.3) is 0 Å². The molecule has 4 rings (SSSR count). The van der Waals surface area contributed by atoms with E-state index in [2.05, 4.69) is 21.3 Å². The molecule has 4 amide bonds. The lowest BCUT2D eigenvalue weighted by molar-refractivity contribution is -0.355. The molecule has 0 radical (unpaired) electrons. The number of unbranched alkanes of at least 4 members (excludes halogenated alkanes) is 14. The number of rotatable bonds is 73. The van der Waals surface area contributed by atoms with E-state index in [4.69, 9.17) is 85.3 Å². The topological polar surface area (TPSA) is 525 Å². The molecule has 0 unspecified atom stereocenters. The smallest absolute Gasteiger partial charge is 0.246 e. The second kappa shape index (κ2) is 67.8. The van der Waals surface area contributed by atoms with E-state index in [0.717, 1.165) is 38.5 Å². The summed E-state index contributed by atoms with van der Waals surface area (Å²) in [4.78, 5) is 48.8. The Morgan fingerprint density at radius 3 is 0.879 bits per heavy atom. The van der Waals surface area contributed by atoms with Crippen molar-refractivity contribution in [2.75, 3.05) is 196 Å². The first-order valence-corrected chi connectivity index (χ1v) is 44.0.